The van der Waals surface area contributed by atoms with E-state index < -0.39 is 0 Å². The molecule has 2 aromatic rings. The van der Waals surface area contributed by atoms with Crippen LogP contribution in [0.25, 0.3) is 0 Å². The van der Waals surface area contributed by atoms with Crippen molar-refractivity contribution in [2.75, 3.05) is 26.2 Å². The Balaban J connectivity index is 0.00000121. The molecule has 0 aliphatic carbocycles. The summed E-state index contributed by atoms with van der Waals surface area (Å²) in [4.78, 5) is 3.57. The molecule has 7 heteroatoms. The molecule has 122 valence electrons. The van der Waals surface area contributed by atoms with E-state index in [0.29, 0.717) is 5.02 Å². The summed E-state index contributed by atoms with van der Waals surface area (Å²) in [5, 5.41) is 6.03. The maximum absolute atomic E-state index is 13.6. The molecule has 0 unspecified atom stereocenters. The van der Waals surface area contributed by atoms with Gasteiger partial charge in [-0.15, -0.1) is 36.2 Å². The van der Waals surface area contributed by atoms with Crippen LogP contribution in [0.4, 0.5) is 4.39 Å². The van der Waals surface area contributed by atoms with Crippen LogP contribution < -0.4 is 5.32 Å². The smallest absolute Gasteiger partial charge is 0.123 e. The van der Waals surface area contributed by atoms with Crippen molar-refractivity contribution in [3.8, 4) is 0 Å². The Morgan fingerprint density at radius 1 is 1.18 bits per heavy atom. The summed E-state index contributed by atoms with van der Waals surface area (Å²) in [7, 11) is 0. The van der Waals surface area contributed by atoms with E-state index in [0.717, 1.165) is 31.7 Å². The largest absolute Gasteiger partial charge is 0.314 e. The summed E-state index contributed by atoms with van der Waals surface area (Å²) in [6.07, 6.45) is 0. The molecule has 3 rings (SSSR count). The second kappa shape index (κ2) is 9.06. The highest BCUT2D eigenvalue weighted by Gasteiger charge is 2.26. The Hall–Kier alpha value is -0.360. The van der Waals surface area contributed by atoms with Gasteiger partial charge in [0.15, 0.2) is 0 Å². The lowest BCUT2D eigenvalue weighted by Crippen LogP contribution is -2.45. The van der Waals surface area contributed by atoms with Gasteiger partial charge in [-0.1, -0.05) is 17.7 Å². The van der Waals surface area contributed by atoms with Crippen LogP contribution in [0.15, 0.2) is 35.7 Å². The number of thiophene rings is 1. The number of hydrogen-bond donors (Lipinski definition) is 1. The molecule has 1 aliphatic heterocycles. The average Bonchev–Trinajstić information content (AvgIpc) is 2.98. The Morgan fingerprint density at radius 3 is 2.55 bits per heavy atom. The lowest BCUT2D eigenvalue weighted by Gasteiger charge is -2.35. The van der Waals surface area contributed by atoms with E-state index in [9.17, 15) is 4.39 Å². The number of rotatable bonds is 3. The Labute approximate surface area is 151 Å². The van der Waals surface area contributed by atoms with Gasteiger partial charge in [-0.2, -0.15) is 0 Å². The summed E-state index contributed by atoms with van der Waals surface area (Å²) in [6.45, 7) is 3.79. The van der Waals surface area contributed by atoms with Crippen molar-refractivity contribution in [1.82, 2.24) is 10.2 Å². The Bertz CT molecular complexity index is 574. The molecule has 1 N–H and O–H groups in total. The third-order valence-electron chi connectivity index (χ3n) is 3.58. The molecule has 1 aromatic heterocycles. The normalized spacial score (nSPS) is 16.5. The van der Waals surface area contributed by atoms with Crippen LogP contribution >= 0.6 is 47.8 Å². The highest BCUT2D eigenvalue weighted by molar-refractivity contribution is 7.10. The van der Waals surface area contributed by atoms with Gasteiger partial charge in [-0.05, 0) is 35.2 Å². The molecule has 0 amide bonds. The maximum Gasteiger partial charge on any atom is 0.123 e. The minimum atomic E-state index is -0.235. The van der Waals surface area contributed by atoms with Crippen LogP contribution in [0.5, 0.6) is 0 Å². The first-order valence-corrected chi connectivity index (χ1v) is 7.94. The van der Waals surface area contributed by atoms with Crippen molar-refractivity contribution in [2.45, 2.75) is 6.04 Å². The first-order chi connectivity index (χ1) is 9.75. The van der Waals surface area contributed by atoms with E-state index in [-0.39, 0.29) is 36.7 Å². The standard InChI is InChI=1S/C15H16ClFN2S.2ClH/c16-13-4-3-11(17)10-12(13)15(14-2-1-9-20-14)19-7-5-18-6-8-19;;/h1-4,9-10,15,18H,5-8H2;2*1H/t15-;;/m1../s1. The number of benzene rings is 1. The molecule has 1 fully saturated rings. The van der Waals surface area contributed by atoms with Crippen molar-refractivity contribution < 1.29 is 4.39 Å². The molecular weight excluding hydrogens is 366 g/mol. The van der Waals surface area contributed by atoms with E-state index >= 15 is 0 Å². The fourth-order valence-corrected chi connectivity index (χ4v) is 3.74. The molecule has 22 heavy (non-hydrogen) atoms. The summed E-state index contributed by atoms with van der Waals surface area (Å²) in [6, 6.07) is 8.79. The second-order valence-corrected chi connectivity index (χ2v) is 6.26. The van der Waals surface area contributed by atoms with E-state index in [4.69, 9.17) is 11.6 Å². The Morgan fingerprint density at radius 2 is 1.91 bits per heavy atom. The van der Waals surface area contributed by atoms with Gasteiger partial charge in [0, 0.05) is 36.1 Å². The quantitative estimate of drug-likeness (QED) is 0.846. The van der Waals surface area contributed by atoms with Gasteiger partial charge in [-0.3, -0.25) is 4.90 Å². The molecular formula is C15H18Cl3FN2S. The van der Waals surface area contributed by atoms with Crippen LogP contribution in [0.1, 0.15) is 16.5 Å². The van der Waals surface area contributed by atoms with Gasteiger partial charge in [0.25, 0.3) is 0 Å². The molecule has 1 aromatic carbocycles. The van der Waals surface area contributed by atoms with Gasteiger partial charge in [0.05, 0.1) is 6.04 Å². The van der Waals surface area contributed by atoms with Crippen molar-refractivity contribution in [3.05, 3.63) is 57.0 Å². The van der Waals surface area contributed by atoms with Crippen molar-refractivity contribution in [3.63, 3.8) is 0 Å². The first-order valence-electron chi connectivity index (χ1n) is 6.69. The number of nitrogens with zero attached hydrogens (tertiary/aromatic N) is 1. The zero-order valence-electron chi connectivity index (χ0n) is 11.8. The average molecular weight is 384 g/mol. The number of halogens is 4. The molecule has 0 radical (unpaired) electrons. The van der Waals surface area contributed by atoms with Crippen LogP contribution in [0, 0.1) is 5.82 Å². The SMILES string of the molecule is Cl.Cl.Fc1ccc(Cl)c([C@H](c2cccs2)N2CCNCC2)c1. The predicted molar refractivity (Wildman–Crippen MR) is 96.5 cm³/mol. The number of piperazine rings is 1. The van der Waals surface area contributed by atoms with Gasteiger partial charge in [0.1, 0.15) is 5.82 Å². The molecule has 0 bridgehead atoms. The topological polar surface area (TPSA) is 15.3 Å². The van der Waals surface area contributed by atoms with E-state index in [1.54, 1.807) is 23.5 Å². The predicted octanol–water partition coefficient (Wildman–Crippen LogP) is 4.38. The minimum Gasteiger partial charge on any atom is -0.314 e. The fourth-order valence-electron chi connectivity index (χ4n) is 2.64. The number of hydrogen-bond acceptors (Lipinski definition) is 3. The zero-order chi connectivity index (χ0) is 13.9. The van der Waals surface area contributed by atoms with Crippen LogP contribution in [-0.2, 0) is 0 Å². The summed E-state index contributed by atoms with van der Waals surface area (Å²) >= 11 is 8.01. The fraction of sp³-hybridized carbons (Fsp3) is 0.333. The number of nitrogens with one attached hydrogen (secondary N) is 1. The van der Waals surface area contributed by atoms with E-state index in [2.05, 4.69) is 21.7 Å². The van der Waals surface area contributed by atoms with Gasteiger partial charge in [-0.25, -0.2) is 4.39 Å². The lowest BCUT2D eigenvalue weighted by molar-refractivity contribution is 0.200. The molecule has 1 saturated heterocycles. The van der Waals surface area contributed by atoms with Crippen LogP contribution in [0.3, 0.4) is 0 Å². The van der Waals surface area contributed by atoms with Crippen LogP contribution in [-0.4, -0.2) is 31.1 Å². The van der Waals surface area contributed by atoms with Crippen LogP contribution in [0.2, 0.25) is 5.02 Å². The van der Waals surface area contributed by atoms with E-state index in [1.807, 2.05) is 6.07 Å². The first kappa shape index (κ1) is 19.7. The highest BCUT2D eigenvalue weighted by Crippen LogP contribution is 2.36. The van der Waals surface area contributed by atoms with Gasteiger partial charge >= 0.3 is 0 Å². The van der Waals surface area contributed by atoms with Crippen molar-refractivity contribution in [2.24, 2.45) is 0 Å². The molecule has 0 spiro atoms. The monoisotopic (exact) mass is 382 g/mol. The highest BCUT2D eigenvalue weighted by atomic mass is 35.5. The summed E-state index contributed by atoms with van der Waals surface area (Å²) < 4.78 is 13.6. The van der Waals surface area contributed by atoms with Gasteiger partial charge in [0.2, 0.25) is 0 Å². The van der Waals surface area contributed by atoms with Gasteiger partial charge < -0.3 is 5.32 Å². The van der Waals surface area contributed by atoms with Crippen molar-refractivity contribution >= 4 is 47.8 Å². The summed E-state index contributed by atoms with van der Waals surface area (Å²) in [5.41, 5.74) is 0.857. The van der Waals surface area contributed by atoms with E-state index in [1.165, 1.54) is 10.9 Å². The second-order valence-electron chi connectivity index (χ2n) is 4.87. The third-order valence-corrected chi connectivity index (χ3v) is 4.85. The maximum atomic E-state index is 13.6. The molecule has 1 atom stereocenters. The summed E-state index contributed by atoms with van der Waals surface area (Å²) in [5.74, 6) is -0.235. The molecule has 2 heterocycles. The third kappa shape index (κ3) is 4.34. The molecule has 1 aliphatic rings. The minimum absolute atomic E-state index is 0. The molecule has 2 nitrogen and oxygen atoms in total. The molecule has 0 saturated carbocycles. The Kier molecular flexibility index (Phi) is 8.11. The van der Waals surface area contributed by atoms with Crippen molar-refractivity contribution in [1.29, 1.82) is 0 Å². The lowest BCUT2D eigenvalue weighted by atomic mass is 10.0. The zero-order valence-corrected chi connectivity index (χ0v) is 15.0.